The van der Waals surface area contributed by atoms with Crippen molar-refractivity contribution in [3.63, 3.8) is 0 Å². The number of aromatic nitrogens is 1. The highest BCUT2D eigenvalue weighted by molar-refractivity contribution is 5.97. The molecule has 2 aromatic carbocycles. The van der Waals surface area contributed by atoms with E-state index in [1.807, 2.05) is 36.4 Å². The summed E-state index contributed by atoms with van der Waals surface area (Å²) in [4.78, 5) is 17.1. The Bertz CT molecular complexity index is 869. The van der Waals surface area contributed by atoms with Gasteiger partial charge in [0.05, 0.1) is 11.1 Å². The third-order valence-corrected chi connectivity index (χ3v) is 4.93. The number of amides is 1. The highest BCUT2D eigenvalue weighted by Crippen LogP contribution is 2.35. The average Bonchev–Trinajstić information content (AvgIpc) is 2.60. The molecule has 0 spiro atoms. The number of hydrogen-bond donors (Lipinski definition) is 1. The second kappa shape index (κ2) is 6.08. The van der Waals surface area contributed by atoms with Crippen LogP contribution in [-0.4, -0.2) is 16.4 Å². The predicted molar refractivity (Wildman–Crippen MR) is 95.9 cm³/mol. The van der Waals surface area contributed by atoms with E-state index in [0.29, 0.717) is 5.56 Å². The Labute approximate surface area is 141 Å². The van der Waals surface area contributed by atoms with Gasteiger partial charge >= 0.3 is 0 Å². The van der Waals surface area contributed by atoms with E-state index in [9.17, 15) is 4.79 Å². The van der Waals surface area contributed by atoms with E-state index in [1.54, 1.807) is 6.20 Å². The van der Waals surface area contributed by atoms with Crippen LogP contribution in [0, 0.1) is 0 Å². The minimum absolute atomic E-state index is 0.0242. The number of rotatable bonds is 4. The van der Waals surface area contributed by atoms with Gasteiger partial charge in [-0.3, -0.25) is 9.78 Å². The Morgan fingerprint density at radius 2 is 1.79 bits per heavy atom. The zero-order valence-corrected chi connectivity index (χ0v) is 13.5. The molecule has 0 unspecified atom stereocenters. The van der Waals surface area contributed by atoms with Crippen LogP contribution in [-0.2, 0) is 6.42 Å². The number of fused-ring (bicyclic) bond motifs is 1. The number of pyridine rings is 1. The standard InChI is InChI=1S/C21H20N2O/c24-20(18-13-17-9-4-5-10-19(17)22-15-18)23-21(11-6-12-21)14-16-7-2-1-3-8-16/h1-5,7-10,13,15H,6,11-12,14H2,(H,23,24). The molecule has 0 saturated heterocycles. The number of carbonyl (C=O) groups is 1. The van der Waals surface area contributed by atoms with Crippen LogP contribution in [0.25, 0.3) is 10.9 Å². The molecule has 1 heterocycles. The molecule has 0 atom stereocenters. The molecule has 1 aliphatic rings. The molecule has 24 heavy (non-hydrogen) atoms. The molecule has 1 fully saturated rings. The van der Waals surface area contributed by atoms with Crippen LogP contribution < -0.4 is 5.32 Å². The van der Waals surface area contributed by atoms with Crippen LogP contribution >= 0.6 is 0 Å². The van der Waals surface area contributed by atoms with Crippen LogP contribution in [0.3, 0.4) is 0 Å². The molecule has 0 radical (unpaired) electrons. The smallest absolute Gasteiger partial charge is 0.253 e. The molecule has 3 nitrogen and oxygen atoms in total. The maximum absolute atomic E-state index is 12.7. The van der Waals surface area contributed by atoms with Crippen molar-refractivity contribution in [3.8, 4) is 0 Å². The van der Waals surface area contributed by atoms with Crippen LogP contribution in [0.4, 0.5) is 0 Å². The van der Waals surface area contributed by atoms with Crippen LogP contribution in [0.15, 0.2) is 66.9 Å². The van der Waals surface area contributed by atoms with Gasteiger partial charge in [-0.05, 0) is 43.4 Å². The molecule has 4 rings (SSSR count). The highest BCUT2D eigenvalue weighted by Gasteiger charge is 2.38. The van der Waals surface area contributed by atoms with Crippen molar-refractivity contribution in [1.82, 2.24) is 10.3 Å². The van der Waals surface area contributed by atoms with E-state index in [1.165, 1.54) is 12.0 Å². The molecule has 1 aliphatic carbocycles. The number of benzene rings is 2. The average molecular weight is 316 g/mol. The Morgan fingerprint density at radius 1 is 1.04 bits per heavy atom. The number of para-hydroxylation sites is 1. The van der Waals surface area contributed by atoms with Gasteiger partial charge in [-0.25, -0.2) is 0 Å². The van der Waals surface area contributed by atoms with Crippen LogP contribution in [0.2, 0.25) is 0 Å². The molecule has 1 amide bonds. The summed E-state index contributed by atoms with van der Waals surface area (Å²) in [6.07, 6.45) is 5.81. The number of carbonyl (C=O) groups excluding carboxylic acids is 1. The molecular weight excluding hydrogens is 296 g/mol. The zero-order valence-electron chi connectivity index (χ0n) is 13.5. The van der Waals surface area contributed by atoms with E-state index >= 15 is 0 Å². The minimum atomic E-state index is -0.107. The fourth-order valence-electron chi connectivity index (χ4n) is 3.44. The van der Waals surface area contributed by atoms with Crippen molar-refractivity contribution >= 4 is 16.8 Å². The van der Waals surface area contributed by atoms with Gasteiger partial charge in [0.1, 0.15) is 0 Å². The van der Waals surface area contributed by atoms with Crippen LogP contribution in [0.1, 0.15) is 35.2 Å². The summed E-state index contributed by atoms with van der Waals surface area (Å²) in [7, 11) is 0. The lowest BCUT2D eigenvalue weighted by atomic mass is 9.72. The number of nitrogens with one attached hydrogen (secondary N) is 1. The fraction of sp³-hybridized carbons (Fsp3) is 0.238. The van der Waals surface area contributed by atoms with Crippen molar-refractivity contribution < 1.29 is 4.79 Å². The molecule has 1 saturated carbocycles. The summed E-state index contributed by atoms with van der Waals surface area (Å²) in [5.74, 6) is -0.0242. The lowest BCUT2D eigenvalue weighted by Gasteiger charge is -2.43. The fourth-order valence-corrected chi connectivity index (χ4v) is 3.44. The molecule has 3 heteroatoms. The molecule has 3 aromatic rings. The Hall–Kier alpha value is -2.68. The van der Waals surface area contributed by atoms with Gasteiger partial charge < -0.3 is 5.32 Å². The monoisotopic (exact) mass is 316 g/mol. The number of nitrogens with zero attached hydrogens (tertiary/aromatic N) is 1. The lowest BCUT2D eigenvalue weighted by molar-refractivity contribution is 0.0826. The van der Waals surface area contributed by atoms with Crippen molar-refractivity contribution in [3.05, 3.63) is 78.0 Å². The lowest BCUT2D eigenvalue weighted by Crippen LogP contribution is -2.55. The van der Waals surface area contributed by atoms with Gasteiger partial charge in [-0.1, -0.05) is 48.5 Å². The first-order valence-corrected chi connectivity index (χ1v) is 8.45. The van der Waals surface area contributed by atoms with Gasteiger partial charge in [-0.2, -0.15) is 0 Å². The Balaban J connectivity index is 1.55. The summed E-state index contributed by atoms with van der Waals surface area (Å²) >= 11 is 0. The summed E-state index contributed by atoms with van der Waals surface area (Å²) in [6.45, 7) is 0. The molecule has 0 bridgehead atoms. The van der Waals surface area contributed by atoms with E-state index in [-0.39, 0.29) is 11.4 Å². The Kier molecular flexibility index (Phi) is 3.77. The van der Waals surface area contributed by atoms with Crippen molar-refractivity contribution in [1.29, 1.82) is 0 Å². The maximum Gasteiger partial charge on any atom is 0.253 e. The molecule has 1 aromatic heterocycles. The van der Waals surface area contributed by atoms with Gasteiger partial charge in [-0.15, -0.1) is 0 Å². The van der Waals surface area contributed by atoms with Crippen molar-refractivity contribution in [2.75, 3.05) is 0 Å². The first kappa shape index (κ1) is 14.9. The van der Waals surface area contributed by atoms with Gasteiger partial charge in [0.15, 0.2) is 0 Å². The normalized spacial score (nSPS) is 15.7. The molecule has 0 aliphatic heterocycles. The van der Waals surface area contributed by atoms with E-state index in [4.69, 9.17) is 0 Å². The third-order valence-electron chi connectivity index (χ3n) is 4.93. The number of hydrogen-bond acceptors (Lipinski definition) is 2. The first-order valence-electron chi connectivity index (χ1n) is 8.45. The minimum Gasteiger partial charge on any atom is -0.346 e. The summed E-state index contributed by atoms with van der Waals surface area (Å²) < 4.78 is 0. The quantitative estimate of drug-likeness (QED) is 0.786. The van der Waals surface area contributed by atoms with E-state index in [2.05, 4.69) is 34.6 Å². The zero-order chi connectivity index (χ0) is 16.4. The van der Waals surface area contributed by atoms with Crippen LogP contribution in [0.5, 0.6) is 0 Å². The molecule has 1 N–H and O–H groups in total. The van der Waals surface area contributed by atoms with E-state index < -0.39 is 0 Å². The van der Waals surface area contributed by atoms with Crippen molar-refractivity contribution in [2.24, 2.45) is 0 Å². The molecule has 120 valence electrons. The predicted octanol–water partition coefficient (Wildman–Crippen LogP) is 4.13. The largest absolute Gasteiger partial charge is 0.346 e. The second-order valence-electron chi connectivity index (χ2n) is 6.67. The maximum atomic E-state index is 12.7. The Morgan fingerprint density at radius 3 is 2.54 bits per heavy atom. The molecular formula is C21H20N2O. The summed E-state index contributed by atoms with van der Waals surface area (Å²) in [6, 6.07) is 20.2. The first-order chi connectivity index (χ1) is 11.7. The van der Waals surface area contributed by atoms with E-state index in [0.717, 1.165) is 30.2 Å². The van der Waals surface area contributed by atoms with Crippen molar-refractivity contribution in [2.45, 2.75) is 31.2 Å². The summed E-state index contributed by atoms with van der Waals surface area (Å²) in [5, 5.41) is 4.28. The van der Waals surface area contributed by atoms with Gasteiger partial charge in [0.25, 0.3) is 5.91 Å². The third kappa shape index (κ3) is 2.90. The van der Waals surface area contributed by atoms with Gasteiger partial charge in [0.2, 0.25) is 0 Å². The highest BCUT2D eigenvalue weighted by atomic mass is 16.1. The second-order valence-corrected chi connectivity index (χ2v) is 6.67. The topological polar surface area (TPSA) is 42.0 Å². The summed E-state index contributed by atoms with van der Waals surface area (Å²) in [5.41, 5.74) is 2.71. The van der Waals surface area contributed by atoms with Gasteiger partial charge in [0, 0.05) is 17.1 Å². The SMILES string of the molecule is O=C(NC1(Cc2ccccc2)CCC1)c1cnc2ccccc2c1.